The zero-order valence-electron chi connectivity index (χ0n) is 16.4. The first-order chi connectivity index (χ1) is 14.9. The third-order valence-electron chi connectivity index (χ3n) is 6.59. The fraction of sp³-hybridized carbons (Fsp3) is 0. The fourth-order valence-electron chi connectivity index (χ4n) is 5.22. The summed E-state index contributed by atoms with van der Waals surface area (Å²) in [6.45, 7) is 0. The molecule has 0 saturated heterocycles. The summed E-state index contributed by atoms with van der Waals surface area (Å²) in [6, 6.07) is 40.1. The van der Waals surface area contributed by atoms with Gasteiger partial charge in [-0.3, -0.25) is 0 Å². The highest BCUT2D eigenvalue weighted by Gasteiger charge is 2.13. The van der Waals surface area contributed by atoms with Crippen LogP contribution < -0.4 is 0 Å². The van der Waals surface area contributed by atoms with Gasteiger partial charge in [-0.1, -0.05) is 97.1 Å². The third-order valence-corrected chi connectivity index (χ3v) is 6.59. The average Bonchev–Trinajstić information content (AvgIpc) is 2.82. The lowest BCUT2D eigenvalue weighted by Gasteiger charge is -2.15. The summed E-state index contributed by atoms with van der Waals surface area (Å²) in [5.74, 6) is 0. The van der Waals surface area contributed by atoms with Crippen LogP contribution in [-0.2, 0) is 0 Å². The quantitative estimate of drug-likeness (QED) is 0.183. The highest BCUT2D eigenvalue weighted by molar-refractivity contribution is 6.34. The van der Waals surface area contributed by atoms with Gasteiger partial charge in [0.05, 0.1) is 0 Å². The molecule has 7 rings (SSSR count). The molecule has 0 aliphatic heterocycles. The van der Waals surface area contributed by atoms with Gasteiger partial charge in [-0.2, -0.15) is 0 Å². The molecule has 0 spiro atoms. The summed E-state index contributed by atoms with van der Waals surface area (Å²) in [4.78, 5) is 0. The fourth-order valence-corrected chi connectivity index (χ4v) is 5.22. The van der Waals surface area contributed by atoms with Crippen LogP contribution in [0.5, 0.6) is 0 Å². The van der Waals surface area contributed by atoms with E-state index in [1.165, 1.54) is 64.6 Å². The zero-order valence-corrected chi connectivity index (χ0v) is 16.4. The van der Waals surface area contributed by atoms with Crippen molar-refractivity contribution in [2.75, 3.05) is 0 Å². The Kier molecular flexibility index (Phi) is 3.09. The predicted molar refractivity (Wildman–Crippen MR) is 131 cm³/mol. The number of hydrogen-bond acceptors (Lipinski definition) is 0. The Balaban J connectivity index is 1.81. The third kappa shape index (κ3) is 2.06. The van der Waals surface area contributed by atoms with Crippen LogP contribution >= 0.6 is 0 Å². The van der Waals surface area contributed by atoms with Crippen molar-refractivity contribution in [1.29, 1.82) is 0 Å². The van der Waals surface area contributed by atoms with E-state index in [-0.39, 0.29) is 0 Å². The van der Waals surface area contributed by atoms with Crippen LogP contribution in [-0.4, -0.2) is 0 Å². The van der Waals surface area contributed by atoms with E-state index in [4.69, 9.17) is 0 Å². The Morgan fingerprint density at radius 1 is 0.267 bits per heavy atom. The summed E-state index contributed by atoms with van der Waals surface area (Å²) < 4.78 is 0. The van der Waals surface area contributed by atoms with Crippen LogP contribution in [0.25, 0.3) is 64.6 Å². The lowest BCUT2D eigenvalue weighted by molar-refractivity contribution is 1.78. The van der Waals surface area contributed by atoms with E-state index in [2.05, 4.69) is 109 Å². The van der Waals surface area contributed by atoms with Crippen molar-refractivity contribution in [1.82, 2.24) is 0 Å². The van der Waals surface area contributed by atoms with Crippen molar-refractivity contribution in [3.05, 3.63) is 109 Å². The van der Waals surface area contributed by atoms with E-state index in [9.17, 15) is 0 Å². The minimum absolute atomic E-state index is 1.29. The molecule has 0 bridgehead atoms. The summed E-state index contributed by atoms with van der Waals surface area (Å²) in [5.41, 5.74) is 0. The standard InChI is InChI=1S/C30H18/c1-2-9-21-18-29-27-16-15-24-22-10-4-3-7-19(22)13-14-26(24)30(27)25-12-6-5-11-23(25)28(29)17-20(21)8-1/h1-18H. The normalized spacial score (nSPS) is 12.0. The smallest absolute Gasteiger partial charge is 0.00201 e. The Morgan fingerprint density at radius 2 is 0.700 bits per heavy atom. The average molecular weight is 378 g/mol. The molecule has 138 valence electrons. The second kappa shape index (κ2) is 5.81. The van der Waals surface area contributed by atoms with E-state index in [0.717, 1.165) is 0 Å². The van der Waals surface area contributed by atoms with Crippen molar-refractivity contribution in [2.45, 2.75) is 0 Å². The molecular weight excluding hydrogens is 360 g/mol. The first-order valence-corrected chi connectivity index (χ1v) is 10.5. The van der Waals surface area contributed by atoms with Crippen LogP contribution in [0, 0.1) is 0 Å². The molecule has 7 aromatic carbocycles. The summed E-state index contributed by atoms with van der Waals surface area (Å²) in [7, 11) is 0. The maximum atomic E-state index is 2.37. The molecule has 0 fully saturated rings. The lowest BCUT2D eigenvalue weighted by atomic mass is 9.89. The number of fused-ring (bicyclic) bond motifs is 11. The Labute approximate surface area is 174 Å². The first kappa shape index (κ1) is 16.0. The molecule has 0 nitrogen and oxygen atoms in total. The van der Waals surface area contributed by atoms with E-state index in [1.807, 2.05) is 0 Å². The Bertz CT molecular complexity index is 1790. The molecule has 0 heterocycles. The van der Waals surface area contributed by atoms with E-state index >= 15 is 0 Å². The maximum Gasteiger partial charge on any atom is -0.00201 e. The molecule has 0 unspecified atom stereocenters. The monoisotopic (exact) mass is 378 g/mol. The first-order valence-electron chi connectivity index (χ1n) is 10.5. The van der Waals surface area contributed by atoms with Gasteiger partial charge in [0.15, 0.2) is 0 Å². The van der Waals surface area contributed by atoms with Gasteiger partial charge in [-0.25, -0.2) is 0 Å². The van der Waals surface area contributed by atoms with Crippen LogP contribution in [0.3, 0.4) is 0 Å². The lowest BCUT2D eigenvalue weighted by Crippen LogP contribution is -1.87. The van der Waals surface area contributed by atoms with Gasteiger partial charge < -0.3 is 0 Å². The molecular formula is C30H18. The second-order valence-electron chi connectivity index (χ2n) is 8.16. The van der Waals surface area contributed by atoms with Crippen molar-refractivity contribution in [3.63, 3.8) is 0 Å². The number of rotatable bonds is 0. The maximum absolute atomic E-state index is 2.37. The molecule has 0 amide bonds. The minimum Gasteiger partial charge on any atom is -0.0616 e. The van der Waals surface area contributed by atoms with E-state index in [0.29, 0.717) is 0 Å². The Hall–Kier alpha value is -3.90. The summed E-state index contributed by atoms with van der Waals surface area (Å²) in [5, 5.41) is 15.9. The van der Waals surface area contributed by atoms with Gasteiger partial charge in [0.25, 0.3) is 0 Å². The van der Waals surface area contributed by atoms with Gasteiger partial charge in [-0.15, -0.1) is 0 Å². The van der Waals surface area contributed by atoms with Crippen LogP contribution in [0.2, 0.25) is 0 Å². The zero-order chi connectivity index (χ0) is 19.7. The largest absolute Gasteiger partial charge is 0.0616 e. The van der Waals surface area contributed by atoms with Crippen molar-refractivity contribution >= 4 is 64.6 Å². The van der Waals surface area contributed by atoms with Crippen molar-refractivity contribution in [2.24, 2.45) is 0 Å². The van der Waals surface area contributed by atoms with Gasteiger partial charge >= 0.3 is 0 Å². The molecule has 0 aromatic heterocycles. The molecule has 7 aromatic rings. The summed E-state index contributed by atoms with van der Waals surface area (Å²) in [6.07, 6.45) is 0. The number of benzene rings is 7. The van der Waals surface area contributed by atoms with E-state index < -0.39 is 0 Å². The molecule has 30 heavy (non-hydrogen) atoms. The van der Waals surface area contributed by atoms with Crippen molar-refractivity contribution < 1.29 is 0 Å². The molecule has 0 heteroatoms. The molecule has 0 aliphatic carbocycles. The van der Waals surface area contributed by atoms with Crippen LogP contribution in [0.1, 0.15) is 0 Å². The van der Waals surface area contributed by atoms with E-state index in [1.54, 1.807) is 0 Å². The predicted octanol–water partition coefficient (Wildman–Crippen LogP) is 8.61. The van der Waals surface area contributed by atoms with Gasteiger partial charge in [0.1, 0.15) is 0 Å². The topological polar surface area (TPSA) is 0 Å². The summed E-state index contributed by atoms with van der Waals surface area (Å²) >= 11 is 0. The molecule has 0 N–H and O–H groups in total. The minimum atomic E-state index is 1.29. The van der Waals surface area contributed by atoms with Gasteiger partial charge in [0, 0.05) is 0 Å². The second-order valence-corrected chi connectivity index (χ2v) is 8.16. The molecule has 0 saturated carbocycles. The highest BCUT2D eigenvalue weighted by atomic mass is 14.2. The molecule has 0 atom stereocenters. The molecule has 0 radical (unpaired) electrons. The highest BCUT2D eigenvalue weighted by Crippen LogP contribution is 2.41. The molecule has 0 aliphatic rings. The SMILES string of the molecule is c1ccc2cc3c(cc2c1)c1ccccc1c1c2ccc4ccccc4c2ccc31. The van der Waals surface area contributed by atoms with Crippen LogP contribution in [0.4, 0.5) is 0 Å². The van der Waals surface area contributed by atoms with Crippen LogP contribution in [0.15, 0.2) is 109 Å². The van der Waals surface area contributed by atoms with Gasteiger partial charge in [0.2, 0.25) is 0 Å². The Morgan fingerprint density at radius 3 is 1.47 bits per heavy atom. The van der Waals surface area contributed by atoms with Gasteiger partial charge in [-0.05, 0) is 76.8 Å². The van der Waals surface area contributed by atoms with Crippen molar-refractivity contribution in [3.8, 4) is 0 Å². The number of hydrogen-bond donors (Lipinski definition) is 0.